The number of nitrogens with one attached hydrogen (secondary N) is 1. The molecule has 6 rings (SSSR count). The minimum absolute atomic E-state index is 0. The molecule has 2 amide bonds. The molecule has 7 atom stereocenters. The Bertz CT molecular complexity index is 1700. The van der Waals surface area contributed by atoms with Gasteiger partial charge in [-0.05, 0) is 79.2 Å². The number of hydrogen-bond donors (Lipinski definition) is 1. The summed E-state index contributed by atoms with van der Waals surface area (Å²) in [5.74, 6) is -2.48. The van der Waals surface area contributed by atoms with E-state index >= 15 is 4.79 Å². The summed E-state index contributed by atoms with van der Waals surface area (Å²) in [4.78, 5) is 76.5. The molecule has 5 aliphatic rings. The molecule has 2 spiro atoms. The second-order valence-electron chi connectivity index (χ2n) is 19.5. The number of allylic oxidation sites excluding steroid dienone is 1. The van der Waals surface area contributed by atoms with Crippen LogP contribution >= 0.6 is 0 Å². The van der Waals surface area contributed by atoms with Gasteiger partial charge in [-0.2, -0.15) is 0 Å². The zero-order chi connectivity index (χ0) is 40.6. The van der Waals surface area contributed by atoms with Gasteiger partial charge in [-0.25, -0.2) is 13.5 Å². The molecule has 1 aromatic rings. The number of aromatic nitrogens is 1. The van der Waals surface area contributed by atoms with Crippen LogP contribution in [0.2, 0.25) is 0 Å². The highest BCUT2D eigenvalue weighted by Crippen LogP contribution is 2.88. The van der Waals surface area contributed by atoms with E-state index in [0.717, 1.165) is 64.2 Å². The molecule has 0 aromatic carbocycles. The maximum atomic E-state index is 15.1. The maximum Gasteiger partial charge on any atom is 0.227 e. The normalized spacial score (nSPS) is 27.7. The first-order valence-corrected chi connectivity index (χ1v) is 22.4. The lowest BCUT2D eigenvalue weighted by Crippen LogP contribution is -2.54. The molecule has 1 aliphatic heterocycles. The lowest BCUT2D eigenvalue weighted by atomic mass is 9.72. The van der Waals surface area contributed by atoms with Crippen molar-refractivity contribution in [1.29, 1.82) is 0 Å². The van der Waals surface area contributed by atoms with Gasteiger partial charge in [0.25, 0.3) is 0 Å². The number of pyridine rings is 1. The highest BCUT2D eigenvalue weighted by molar-refractivity contribution is 7.82. The van der Waals surface area contributed by atoms with Crippen molar-refractivity contribution >= 4 is 40.1 Å². The first kappa shape index (κ1) is 45.0. The molecular weight excluding hydrogens is 741 g/mol. The molecule has 3 N–H and O–H groups in total. The molecule has 1 saturated heterocycles. The van der Waals surface area contributed by atoms with Gasteiger partial charge in [0.15, 0.2) is 11.6 Å². The Hall–Kier alpha value is -3.09. The standard InChI is InChI=1S/C45H66N4O6S.H2O/c1-8-9-20-36(50)40(53)31(25-30-16-14-17-30)26-37(51)35-28-45(43(5,6)44(45)22-15-23-44)29-49(35)41(54)32(42(2,3)4)27-38(52)47-33-18-10-11-19-34(33)48(7)56(55)39-21-12-13-24-46-39;/h8,12-13,21,24,30-35H,1,9-11,14-20,22-23,25-29H2,2-7H3,(H,47,52);1H2/t31?,32-,33+,34+,35+,45-,56?;/m1./s1. The number of likely N-dealkylation sites (tertiary alicyclic amines) is 1. The molecule has 12 heteroatoms. The average Bonchev–Trinajstić information content (AvgIpc) is 3.33. The van der Waals surface area contributed by atoms with Crippen LogP contribution in [0.3, 0.4) is 0 Å². The molecule has 0 radical (unpaired) electrons. The van der Waals surface area contributed by atoms with Crippen molar-refractivity contribution in [3.63, 3.8) is 0 Å². The van der Waals surface area contributed by atoms with Gasteiger partial charge in [-0.1, -0.05) is 85.3 Å². The summed E-state index contributed by atoms with van der Waals surface area (Å²) in [5, 5.41) is 3.72. The SMILES string of the molecule is C=CCCC(=O)C(=O)C(CC(=O)[C@@H]1C[C@@]2(CN1C(=O)[C@@H](CC(=O)N[C@H]1CCCC[C@@H]1N(C)S(=O)c1ccccn1)C(C)(C)C)C(C)(C)C21CCC1)CC1CCC1.O. The molecule has 2 heterocycles. The molecular formula is C45H68N4O7S. The van der Waals surface area contributed by atoms with Crippen LogP contribution in [0.25, 0.3) is 0 Å². The summed E-state index contributed by atoms with van der Waals surface area (Å²) < 4.78 is 15.3. The van der Waals surface area contributed by atoms with E-state index in [1.54, 1.807) is 29.3 Å². The van der Waals surface area contributed by atoms with Crippen LogP contribution in [0.5, 0.6) is 0 Å². The Morgan fingerprint density at radius 2 is 1.72 bits per heavy atom. The maximum absolute atomic E-state index is 15.1. The first-order chi connectivity index (χ1) is 26.5. The summed E-state index contributed by atoms with van der Waals surface area (Å²) >= 11 is 0. The van der Waals surface area contributed by atoms with Crippen molar-refractivity contribution < 1.29 is 33.7 Å². The third-order valence-corrected chi connectivity index (χ3v) is 16.7. The van der Waals surface area contributed by atoms with E-state index < -0.39 is 45.8 Å². The van der Waals surface area contributed by atoms with Crippen LogP contribution in [-0.4, -0.2) is 84.8 Å². The number of rotatable bonds is 17. The third kappa shape index (κ3) is 8.51. The summed E-state index contributed by atoms with van der Waals surface area (Å²) in [6.07, 6.45) is 14.6. The number of nitrogens with zero attached hydrogens (tertiary/aromatic N) is 3. The van der Waals surface area contributed by atoms with Crippen LogP contribution < -0.4 is 5.32 Å². The molecule has 11 nitrogen and oxygen atoms in total. The number of ketones is 3. The van der Waals surface area contributed by atoms with E-state index in [1.807, 2.05) is 38.2 Å². The fraction of sp³-hybridized carbons (Fsp3) is 0.733. The van der Waals surface area contributed by atoms with Gasteiger partial charge in [0.1, 0.15) is 16.0 Å². The zero-order valence-electron chi connectivity index (χ0n) is 35.3. The largest absolute Gasteiger partial charge is 0.412 e. The first-order valence-electron chi connectivity index (χ1n) is 21.3. The van der Waals surface area contributed by atoms with Crippen LogP contribution in [-0.2, 0) is 35.0 Å². The lowest BCUT2D eigenvalue weighted by molar-refractivity contribution is -0.147. The molecule has 5 fully saturated rings. The second-order valence-corrected chi connectivity index (χ2v) is 20.9. The Balaban J connectivity index is 0.00000620. The van der Waals surface area contributed by atoms with Gasteiger partial charge in [0.05, 0.1) is 12.0 Å². The van der Waals surface area contributed by atoms with Crippen LogP contribution in [0.1, 0.15) is 137 Å². The Morgan fingerprint density at radius 1 is 1.02 bits per heavy atom. The van der Waals surface area contributed by atoms with Crippen LogP contribution in [0, 0.1) is 39.4 Å². The van der Waals surface area contributed by atoms with Crippen molar-refractivity contribution in [2.75, 3.05) is 13.6 Å². The molecule has 2 unspecified atom stereocenters. The van der Waals surface area contributed by atoms with Crippen molar-refractivity contribution in [2.45, 2.75) is 161 Å². The van der Waals surface area contributed by atoms with E-state index in [9.17, 15) is 23.4 Å². The second kappa shape index (κ2) is 17.6. The van der Waals surface area contributed by atoms with Gasteiger partial charge in [0.2, 0.25) is 17.6 Å². The van der Waals surface area contributed by atoms with Crippen molar-refractivity contribution in [3.8, 4) is 0 Å². The Kier molecular flexibility index (Phi) is 13.9. The molecule has 1 aromatic heterocycles. The topological polar surface area (TPSA) is 165 Å². The Morgan fingerprint density at radius 3 is 2.28 bits per heavy atom. The predicted octanol–water partition coefficient (Wildman–Crippen LogP) is 6.36. The van der Waals surface area contributed by atoms with E-state index in [2.05, 4.69) is 30.7 Å². The summed E-state index contributed by atoms with van der Waals surface area (Å²) in [5.41, 5.74) is -0.745. The zero-order valence-corrected chi connectivity index (χ0v) is 36.1. The highest BCUT2D eigenvalue weighted by Gasteiger charge is 2.85. The summed E-state index contributed by atoms with van der Waals surface area (Å²) in [6.45, 7) is 14.7. The van der Waals surface area contributed by atoms with Crippen molar-refractivity contribution in [1.82, 2.24) is 19.5 Å². The predicted molar refractivity (Wildman–Crippen MR) is 221 cm³/mol. The minimum atomic E-state index is -1.49. The summed E-state index contributed by atoms with van der Waals surface area (Å²) in [7, 11) is 0.324. The van der Waals surface area contributed by atoms with E-state index in [1.165, 1.54) is 0 Å². The number of amides is 2. The van der Waals surface area contributed by atoms with Crippen molar-refractivity contribution in [3.05, 3.63) is 37.1 Å². The van der Waals surface area contributed by atoms with Gasteiger partial charge < -0.3 is 15.7 Å². The number of fused-ring (bicyclic) bond motifs is 1. The van der Waals surface area contributed by atoms with Crippen LogP contribution in [0.4, 0.5) is 0 Å². The number of carbonyl (C=O) groups excluding carboxylic acids is 5. The fourth-order valence-electron chi connectivity index (χ4n) is 11.3. The molecule has 316 valence electrons. The molecule has 4 aliphatic carbocycles. The van der Waals surface area contributed by atoms with E-state index in [-0.39, 0.29) is 70.7 Å². The van der Waals surface area contributed by atoms with Gasteiger partial charge >= 0.3 is 0 Å². The molecule has 0 bridgehead atoms. The third-order valence-electron chi connectivity index (χ3n) is 15.3. The number of Topliss-reactive ketones (excluding diaryl/α,β-unsaturated/α-hetero) is 3. The monoisotopic (exact) mass is 808 g/mol. The number of hydrogen-bond acceptors (Lipinski definition) is 7. The van der Waals surface area contributed by atoms with Crippen molar-refractivity contribution in [2.24, 2.45) is 39.4 Å². The quantitative estimate of drug-likeness (QED) is 0.141. The fourth-order valence-corrected chi connectivity index (χ4v) is 12.5. The number of carbonyl (C=O) groups is 5. The summed E-state index contributed by atoms with van der Waals surface area (Å²) in [6, 6.07) is 4.25. The van der Waals surface area contributed by atoms with E-state index in [0.29, 0.717) is 36.8 Å². The molecule has 57 heavy (non-hydrogen) atoms. The lowest BCUT2D eigenvalue weighted by Gasteiger charge is -2.38. The van der Waals surface area contributed by atoms with Gasteiger partial charge in [0, 0.05) is 62.5 Å². The minimum Gasteiger partial charge on any atom is -0.412 e. The smallest absolute Gasteiger partial charge is 0.227 e. The van der Waals surface area contributed by atoms with E-state index in [4.69, 9.17) is 0 Å². The Labute approximate surface area is 342 Å². The van der Waals surface area contributed by atoms with Crippen LogP contribution in [0.15, 0.2) is 42.1 Å². The van der Waals surface area contributed by atoms with Gasteiger partial charge in [-0.3, -0.25) is 24.0 Å². The number of likely N-dealkylation sites (N-methyl/N-ethyl adjacent to an activating group) is 1. The average molecular weight is 809 g/mol. The highest BCUT2D eigenvalue weighted by atomic mass is 32.2. The molecule has 4 saturated carbocycles. The van der Waals surface area contributed by atoms with Gasteiger partial charge in [-0.15, -0.1) is 6.58 Å².